The molecule has 0 fully saturated rings. The maximum Gasteiger partial charge on any atom is 0.328 e. The predicted octanol–water partition coefficient (Wildman–Crippen LogP) is 2.25. The van der Waals surface area contributed by atoms with Crippen molar-refractivity contribution in [1.82, 2.24) is 5.32 Å². The number of fused-ring (bicyclic) bond motifs is 1. The molecule has 2 rings (SSSR count). The molecule has 1 aromatic carbocycles. The van der Waals surface area contributed by atoms with E-state index in [0.717, 1.165) is 10.6 Å². The van der Waals surface area contributed by atoms with Crippen LogP contribution < -0.4 is 14.8 Å². The molecular weight excluding hydrogens is 330 g/mol. The number of methoxy groups -OCH3 is 1. The molecular formula is C17H23NO5S. The highest BCUT2D eigenvalue weighted by Crippen LogP contribution is 2.34. The normalized spacial score (nSPS) is 14.2. The Labute approximate surface area is 146 Å². The molecule has 1 atom stereocenters. The fourth-order valence-corrected chi connectivity index (χ4v) is 3.06. The number of carbonyl (C=O) groups is 2. The summed E-state index contributed by atoms with van der Waals surface area (Å²) in [5.74, 6) is 1.29. The van der Waals surface area contributed by atoms with Crippen LogP contribution in [0.5, 0.6) is 11.5 Å². The fourth-order valence-electron chi connectivity index (χ4n) is 2.33. The van der Waals surface area contributed by atoms with Crippen LogP contribution in [0.1, 0.15) is 20.3 Å². The van der Waals surface area contributed by atoms with Crippen LogP contribution in [0.2, 0.25) is 0 Å². The minimum absolute atomic E-state index is 0.203. The molecule has 1 heterocycles. The van der Waals surface area contributed by atoms with Crippen LogP contribution in [0.3, 0.4) is 0 Å². The number of ether oxygens (including phenoxy) is 3. The third-order valence-corrected chi connectivity index (χ3v) is 4.41. The van der Waals surface area contributed by atoms with Crippen molar-refractivity contribution in [2.75, 3.05) is 26.1 Å². The summed E-state index contributed by atoms with van der Waals surface area (Å²) >= 11 is 1.38. The highest BCUT2D eigenvalue weighted by molar-refractivity contribution is 8.00. The van der Waals surface area contributed by atoms with Crippen LogP contribution in [-0.2, 0) is 14.3 Å². The maximum absolute atomic E-state index is 12.1. The van der Waals surface area contributed by atoms with Crippen LogP contribution >= 0.6 is 11.8 Å². The van der Waals surface area contributed by atoms with Crippen molar-refractivity contribution in [3.8, 4) is 11.5 Å². The monoisotopic (exact) mass is 353 g/mol. The molecule has 0 aromatic heterocycles. The van der Waals surface area contributed by atoms with Gasteiger partial charge in [0.2, 0.25) is 5.91 Å². The molecule has 0 aliphatic carbocycles. The van der Waals surface area contributed by atoms with E-state index in [-0.39, 0.29) is 17.6 Å². The van der Waals surface area contributed by atoms with E-state index in [1.807, 2.05) is 32.0 Å². The average molecular weight is 353 g/mol. The largest absolute Gasteiger partial charge is 0.486 e. The molecule has 132 valence electrons. The molecule has 1 aromatic rings. The van der Waals surface area contributed by atoms with Gasteiger partial charge < -0.3 is 19.5 Å². The summed E-state index contributed by atoms with van der Waals surface area (Å²) in [4.78, 5) is 24.8. The first-order chi connectivity index (χ1) is 11.5. The lowest BCUT2D eigenvalue weighted by Crippen LogP contribution is -2.43. The summed E-state index contributed by atoms with van der Waals surface area (Å²) in [6.07, 6.45) is 0.549. The Morgan fingerprint density at radius 1 is 1.25 bits per heavy atom. The van der Waals surface area contributed by atoms with Gasteiger partial charge in [0.1, 0.15) is 19.3 Å². The van der Waals surface area contributed by atoms with Gasteiger partial charge in [-0.3, -0.25) is 4.79 Å². The van der Waals surface area contributed by atoms with E-state index in [4.69, 9.17) is 14.2 Å². The van der Waals surface area contributed by atoms with E-state index >= 15 is 0 Å². The first-order valence-electron chi connectivity index (χ1n) is 7.89. The van der Waals surface area contributed by atoms with Crippen LogP contribution in [0.4, 0.5) is 0 Å². The zero-order valence-corrected chi connectivity index (χ0v) is 15.0. The van der Waals surface area contributed by atoms with E-state index in [0.29, 0.717) is 25.4 Å². The molecule has 1 amide bonds. The number of amides is 1. The van der Waals surface area contributed by atoms with Gasteiger partial charge in [0, 0.05) is 4.90 Å². The summed E-state index contributed by atoms with van der Waals surface area (Å²) in [6.45, 7) is 5.06. The van der Waals surface area contributed by atoms with Crippen molar-refractivity contribution in [1.29, 1.82) is 0 Å². The molecule has 0 radical (unpaired) electrons. The summed E-state index contributed by atoms with van der Waals surface area (Å²) in [7, 11) is 1.33. The third-order valence-electron chi connectivity index (χ3n) is 3.41. The number of hydrogen-bond acceptors (Lipinski definition) is 6. The van der Waals surface area contributed by atoms with Crippen molar-refractivity contribution in [3.63, 3.8) is 0 Å². The number of nitrogens with one attached hydrogen (secondary N) is 1. The van der Waals surface area contributed by atoms with Crippen LogP contribution in [0.15, 0.2) is 23.1 Å². The Morgan fingerprint density at radius 3 is 2.62 bits per heavy atom. The molecule has 0 saturated heterocycles. The van der Waals surface area contributed by atoms with E-state index in [2.05, 4.69) is 5.32 Å². The van der Waals surface area contributed by atoms with Crippen molar-refractivity contribution < 1.29 is 23.8 Å². The fraction of sp³-hybridized carbons (Fsp3) is 0.529. The zero-order valence-electron chi connectivity index (χ0n) is 14.2. The lowest BCUT2D eigenvalue weighted by atomic mass is 10.0. The minimum Gasteiger partial charge on any atom is -0.486 e. The Hall–Kier alpha value is -1.89. The van der Waals surface area contributed by atoms with Crippen molar-refractivity contribution in [2.24, 2.45) is 5.92 Å². The maximum atomic E-state index is 12.1. The molecule has 1 aliphatic heterocycles. The SMILES string of the molecule is COC(=O)[C@H](CC(C)C)NC(=O)CSc1ccc2c(c1)OCCO2. The Bertz CT molecular complexity index is 590. The lowest BCUT2D eigenvalue weighted by molar-refractivity contribution is -0.145. The third kappa shape index (κ3) is 5.33. The Morgan fingerprint density at radius 2 is 1.96 bits per heavy atom. The Kier molecular flexibility index (Phi) is 6.78. The second kappa shape index (κ2) is 8.82. The molecule has 0 saturated carbocycles. The van der Waals surface area contributed by atoms with Crippen LogP contribution in [0, 0.1) is 5.92 Å². The number of rotatable bonds is 7. The van der Waals surface area contributed by atoms with Gasteiger partial charge in [-0.1, -0.05) is 13.8 Å². The van der Waals surface area contributed by atoms with Gasteiger partial charge in [-0.25, -0.2) is 4.79 Å². The second-order valence-electron chi connectivity index (χ2n) is 5.87. The standard InChI is InChI=1S/C17H23NO5S/c1-11(2)8-13(17(20)21-3)18-16(19)10-24-12-4-5-14-15(9-12)23-7-6-22-14/h4-5,9,11,13H,6-8,10H2,1-3H3,(H,18,19)/t13-/m0/s1. The highest BCUT2D eigenvalue weighted by atomic mass is 32.2. The molecule has 7 heteroatoms. The van der Waals surface area contributed by atoms with Gasteiger partial charge >= 0.3 is 5.97 Å². The first-order valence-corrected chi connectivity index (χ1v) is 8.87. The van der Waals surface area contributed by atoms with Crippen molar-refractivity contribution >= 4 is 23.6 Å². The van der Waals surface area contributed by atoms with Crippen molar-refractivity contribution in [2.45, 2.75) is 31.2 Å². The Balaban J connectivity index is 1.88. The molecule has 1 aliphatic rings. The number of thioether (sulfide) groups is 1. The van der Waals surface area contributed by atoms with Gasteiger partial charge in [0.05, 0.1) is 12.9 Å². The van der Waals surface area contributed by atoms with Crippen molar-refractivity contribution in [3.05, 3.63) is 18.2 Å². The zero-order chi connectivity index (χ0) is 17.5. The quantitative estimate of drug-likeness (QED) is 0.599. The van der Waals surface area contributed by atoms with E-state index < -0.39 is 12.0 Å². The summed E-state index contributed by atoms with van der Waals surface area (Å²) in [6, 6.07) is 4.98. The van der Waals surface area contributed by atoms with Gasteiger partial charge in [-0.2, -0.15) is 0 Å². The summed E-state index contributed by atoms with van der Waals surface area (Å²) in [5.41, 5.74) is 0. The van der Waals surface area contributed by atoms with E-state index in [1.165, 1.54) is 18.9 Å². The first kappa shape index (κ1) is 18.4. The smallest absolute Gasteiger partial charge is 0.328 e. The minimum atomic E-state index is -0.608. The number of hydrogen-bond donors (Lipinski definition) is 1. The molecule has 24 heavy (non-hydrogen) atoms. The lowest BCUT2D eigenvalue weighted by Gasteiger charge is -2.19. The summed E-state index contributed by atoms with van der Waals surface area (Å²) < 4.78 is 15.7. The van der Waals surface area contributed by atoms with E-state index in [9.17, 15) is 9.59 Å². The average Bonchev–Trinajstić information content (AvgIpc) is 2.58. The molecule has 1 N–H and O–H groups in total. The van der Waals surface area contributed by atoms with E-state index in [1.54, 1.807) is 0 Å². The molecule has 0 spiro atoms. The molecule has 0 unspecified atom stereocenters. The highest BCUT2D eigenvalue weighted by Gasteiger charge is 2.22. The van der Waals surface area contributed by atoms with Crippen LogP contribution in [0.25, 0.3) is 0 Å². The van der Waals surface area contributed by atoms with Gasteiger partial charge in [0.25, 0.3) is 0 Å². The number of carbonyl (C=O) groups excluding carboxylic acids is 2. The predicted molar refractivity (Wildman–Crippen MR) is 91.6 cm³/mol. The van der Waals surface area contributed by atoms with Gasteiger partial charge in [-0.15, -0.1) is 11.8 Å². The number of esters is 1. The second-order valence-corrected chi connectivity index (χ2v) is 6.92. The number of benzene rings is 1. The van der Waals surface area contributed by atoms with Crippen LogP contribution in [-0.4, -0.2) is 44.0 Å². The van der Waals surface area contributed by atoms with Gasteiger partial charge in [0.15, 0.2) is 11.5 Å². The summed E-state index contributed by atoms with van der Waals surface area (Å²) in [5, 5.41) is 2.74. The topological polar surface area (TPSA) is 73.9 Å². The van der Waals surface area contributed by atoms with Gasteiger partial charge in [-0.05, 0) is 30.5 Å². The molecule has 6 nitrogen and oxygen atoms in total. The molecule has 0 bridgehead atoms.